The number of carbonyl (C=O) groups is 4. The van der Waals surface area contributed by atoms with Gasteiger partial charge in [0.05, 0.1) is 18.7 Å². The van der Waals surface area contributed by atoms with E-state index in [1.165, 1.54) is 25.0 Å². The maximum atomic E-state index is 13.8. The highest BCUT2D eigenvalue weighted by Gasteiger charge is 2.31. The van der Waals surface area contributed by atoms with Crippen LogP contribution in [0.25, 0.3) is 10.9 Å². The van der Waals surface area contributed by atoms with Crippen molar-refractivity contribution in [1.82, 2.24) is 40.9 Å². The van der Waals surface area contributed by atoms with Crippen LogP contribution < -0.4 is 33.2 Å². The zero-order valence-corrected chi connectivity index (χ0v) is 24.9. The third kappa shape index (κ3) is 9.39. The molecule has 17 heteroatoms. The van der Waals surface area contributed by atoms with Gasteiger partial charge >= 0.3 is 5.97 Å². The van der Waals surface area contributed by atoms with Crippen molar-refractivity contribution < 1.29 is 24.3 Å². The Hall–Kier alpha value is -5.71. The van der Waals surface area contributed by atoms with Crippen LogP contribution in [0.5, 0.6) is 0 Å². The Morgan fingerprint density at radius 3 is 2.02 bits per heavy atom. The summed E-state index contributed by atoms with van der Waals surface area (Å²) in [5.41, 5.74) is 19.3. The van der Waals surface area contributed by atoms with Crippen LogP contribution in [0.1, 0.15) is 29.8 Å². The Kier molecular flexibility index (Phi) is 11.4. The van der Waals surface area contributed by atoms with E-state index in [0.29, 0.717) is 23.4 Å². The van der Waals surface area contributed by atoms with Crippen LogP contribution in [0.15, 0.2) is 60.5 Å². The number of aliphatic imine (C=N–C) groups is 1. The highest BCUT2D eigenvalue weighted by atomic mass is 16.4. The Labute approximate surface area is 263 Å². The number of aliphatic carboxylic acids is 1. The predicted molar refractivity (Wildman–Crippen MR) is 168 cm³/mol. The second-order valence-corrected chi connectivity index (χ2v) is 10.7. The van der Waals surface area contributed by atoms with Gasteiger partial charge in [-0.2, -0.15) is 0 Å². The number of H-pyrrole nitrogens is 3. The van der Waals surface area contributed by atoms with Crippen LogP contribution in [0.2, 0.25) is 0 Å². The minimum Gasteiger partial charge on any atom is -0.480 e. The predicted octanol–water partition coefficient (Wildman–Crippen LogP) is -1.44. The van der Waals surface area contributed by atoms with E-state index in [1.54, 1.807) is 6.20 Å². The summed E-state index contributed by atoms with van der Waals surface area (Å²) in [6.45, 7) is 0.281. The monoisotopic (exact) mass is 634 g/mol. The van der Waals surface area contributed by atoms with Crippen LogP contribution in [0.4, 0.5) is 0 Å². The largest absolute Gasteiger partial charge is 0.480 e. The standard InChI is InChI=1S/C29H38N12O5/c30-20(5-3-7-35-29(31)32)25(42)39-23(9-17-12-33-14-37-17)27(44)40-22(8-16-11-36-21-6-2-1-4-19(16)21)26(43)41-24(28(45)46)10-18-13-34-15-38-18/h1-2,4,6,11-15,20,22-24,36H,3,5,7-10,30H2,(H,33,37)(H,34,38)(H,39,42)(H,40,44)(H,41,43)(H,45,46)(H4,31,32,35). The molecule has 4 rings (SSSR count). The maximum Gasteiger partial charge on any atom is 0.326 e. The minimum atomic E-state index is -1.31. The number of hydrogen-bond acceptors (Lipinski definition) is 8. The fraction of sp³-hybridized carbons (Fsp3) is 0.345. The van der Waals surface area contributed by atoms with Crippen LogP contribution in [0.3, 0.4) is 0 Å². The average molecular weight is 635 g/mol. The number of nitrogens with two attached hydrogens (primary N) is 3. The molecule has 0 fully saturated rings. The maximum absolute atomic E-state index is 13.8. The van der Waals surface area contributed by atoms with Crippen molar-refractivity contribution >= 4 is 40.6 Å². The minimum absolute atomic E-state index is 0.0112. The quantitative estimate of drug-likeness (QED) is 0.0367. The van der Waals surface area contributed by atoms with Gasteiger partial charge in [0.25, 0.3) is 0 Å². The van der Waals surface area contributed by atoms with E-state index >= 15 is 0 Å². The molecule has 0 aliphatic carbocycles. The summed E-state index contributed by atoms with van der Waals surface area (Å²) in [5.74, 6) is -3.34. The first-order valence-corrected chi connectivity index (χ1v) is 14.5. The lowest BCUT2D eigenvalue weighted by Gasteiger charge is -2.25. The van der Waals surface area contributed by atoms with Gasteiger partial charge in [-0.15, -0.1) is 0 Å². The summed E-state index contributed by atoms with van der Waals surface area (Å²) in [7, 11) is 0. The van der Waals surface area contributed by atoms with Crippen molar-refractivity contribution in [2.45, 2.75) is 56.3 Å². The molecular formula is C29H38N12O5. The third-order valence-electron chi connectivity index (χ3n) is 7.24. The lowest BCUT2D eigenvalue weighted by molar-refractivity contribution is -0.142. The second kappa shape index (κ2) is 15.8. The zero-order valence-electron chi connectivity index (χ0n) is 24.9. The molecule has 0 saturated carbocycles. The number of guanidine groups is 1. The molecule has 4 unspecified atom stereocenters. The molecule has 244 valence electrons. The number of nitrogens with one attached hydrogen (secondary N) is 6. The highest BCUT2D eigenvalue weighted by Crippen LogP contribution is 2.19. The van der Waals surface area contributed by atoms with Crippen LogP contribution >= 0.6 is 0 Å². The van der Waals surface area contributed by atoms with Gasteiger partial charge in [0, 0.05) is 66.7 Å². The first kappa shape index (κ1) is 33.2. The number of amides is 3. The third-order valence-corrected chi connectivity index (χ3v) is 7.24. The number of aromatic nitrogens is 5. The number of hydrogen-bond donors (Lipinski definition) is 10. The number of carboxylic acid groups (broad SMARTS) is 1. The summed E-state index contributed by atoms with van der Waals surface area (Å²) in [6, 6.07) is 2.79. The number of para-hydroxylation sites is 1. The lowest BCUT2D eigenvalue weighted by Crippen LogP contribution is -2.58. The number of aromatic amines is 3. The molecule has 4 atom stereocenters. The smallest absolute Gasteiger partial charge is 0.326 e. The Bertz CT molecular complexity index is 1630. The van der Waals surface area contributed by atoms with Gasteiger partial charge < -0.3 is 53.2 Å². The average Bonchev–Trinajstić information content (AvgIpc) is 3.81. The molecule has 17 nitrogen and oxygen atoms in total. The number of fused-ring (bicyclic) bond motifs is 1. The number of benzene rings is 1. The number of rotatable bonds is 17. The van der Waals surface area contributed by atoms with E-state index in [4.69, 9.17) is 17.2 Å². The van der Waals surface area contributed by atoms with Crippen molar-refractivity contribution in [3.8, 4) is 0 Å². The molecule has 13 N–H and O–H groups in total. The van der Waals surface area contributed by atoms with E-state index < -0.39 is 47.9 Å². The van der Waals surface area contributed by atoms with Crippen molar-refractivity contribution in [1.29, 1.82) is 0 Å². The van der Waals surface area contributed by atoms with Crippen molar-refractivity contribution in [3.63, 3.8) is 0 Å². The molecule has 0 aliphatic rings. The van der Waals surface area contributed by atoms with Gasteiger partial charge in [0.1, 0.15) is 18.1 Å². The van der Waals surface area contributed by atoms with E-state index in [-0.39, 0.29) is 38.2 Å². The summed E-state index contributed by atoms with van der Waals surface area (Å²) in [6.07, 6.45) is 8.17. The van der Waals surface area contributed by atoms with Gasteiger partial charge in [-0.1, -0.05) is 18.2 Å². The van der Waals surface area contributed by atoms with Crippen molar-refractivity contribution in [2.75, 3.05) is 6.54 Å². The summed E-state index contributed by atoms with van der Waals surface area (Å²) in [4.78, 5) is 73.1. The Morgan fingerprint density at radius 1 is 0.826 bits per heavy atom. The van der Waals surface area contributed by atoms with Gasteiger partial charge in [0.15, 0.2) is 5.96 Å². The molecule has 0 saturated heterocycles. The molecule has 46 heavy (non-hydrogen) atoms. The molecule has 3 aromatic heterocycles. The summed E-state index contributed by atoms with van der Waals surface area (Å²) >= 11 is 0. The van der Waals surface area contributed by atoms with E-state index in [9.17, 15) is 24.3 Å². The lowest BCUT2D eigenvalue weighted by atomic mass is 10.0. The molecule has 0 radical (unpaired) electrons. The molecule has 4 aromatic rings. The number of carboxylic acids is 1. The Balaban J connectivity index is 1.54. The van der Waals surface area contributed by atoms with Crippen molar-refractivity contribution in [3.05, 3.63) is 72.5 Å². The SMILES string of the molecule is NC(N)=NCCCC(N)C(=O)NC(Cc1cnc[nH]1)C(=O)NC(Cc1c[nH]c2ccccc12)C(=O)NC(Cc1cnc[nH]1)C(=O)O. The molecule has 1 aromatic carbocycles. The van der Waals surface area contributed by atoms with E-state index in [2.05, 4.69) is 45.9 Å². The normalized spacial score (nSPS) is 13.7. The summed E-state index contributed by atoms with van der Waals surface area (Å²) < 4.78 is 0. The number of imidazole rings is 2. The number of carbonyl (C=O) groups excluding carboxylic acids is 3. The van der Waals surface area contributed by atoms with E-state index in [0.717, 1.165) is 10.9 Å². The molecule has 0 spiro atoms. The molecule has 0 aliphatic heterocycles. The van der Waals surface area contributed by atoms with Gasteiger partial charge in [0.2, 0.25) is 17.7 Å². The van der Waals surface area contributed by atoms with Gasteiger partial charge in [-0.3, -0.25) is 19.4 Å². The zero-order chi connectivity index (χ0) is 33.1. The Morgan fingerprint density at radius 2 is 1.41 bits per heavy atom. The van der Waals surface area contributed by atoms with E-state index in [1.807, 2.05) is 24.3 Å². The van der Waals surface area contributed by atoms with Crippen LogP contribution in [0, 0.1) is 0 Å². The molecule has 3 amide bonds. The second-order valence-electron chi connectivity index (χ2n) is 10.7. The molecule has 3 heterocycles. The molecular weight excluding hydrogens is 596 g/mol. The van der Waals surface area contributed by atoms with Crippen LogP contribution in [-0.2, 0) is 38.4 Å². The van der Waals surface area contributed by atoms with Gasteiger partial charge in [-0.25, -0.2) is 14.8 Å². The first-order valence-electron chi connectivity index (χ1n) is 14.5. The number of nitrogens with zero attached hydrogens (tertiary/aromatic N) is 3. The van der Waals surface area contributed by atoms with Gasteiger partial charge in [-0.05, 0) is 24.5 Å². The topological polar surface area (TPSA) is 288 Å². The highest BCUT2D eigenvalue weighted by molar-refractivity contribution is 5.95. The van der Waals surface area contributed by atoms with Crippen molar-refractivity contribution in [2.24, 2.45) is 22.2 Å². The summed E-state index contributed by atoms with van der Waals surface area (Å²) in [5, 5.41) is 18.6. The van der Waals surface area contributed by atoms with Crippen LogP contribution in [-0.4, -0.2) is 90.4 Å². The fourth-order valence-corrected chi connectivity index (χ4v) is 4.85. The molecule has 0 bridgehead atoms. The first-order chi connectivity index (χ1) is 22.1. The fourth-order valence-electron chi connectivity index (χ4n) is 4.85.